The molecule has 1 amide bonds. The molecule has 1 aliphatic heterocycles. The van der Waals surface area contributed by atoms with Gasteiger partial charge in [-0.2, -0.15) is 0 Å². The van der Waals surface area contributed by atoms with Crippen LogP contribution in [0.5, 0.6) is 0 Å². The molecule has 2 unspecified atom stereocenters. The molecule has 2 atom stereocenters. The molecule has 2 rings (SSSR count). The van der Waals surface area contributed by atoms with E-state index in [1.165, 1.54) is 23.8 Å². The number of nitrogens with zero attached hydrogens (tertiary/aromatic N) is 1. The quantitative estimate of drug-likeness (QED) is 0.871. The first-order valence-corrected chi connectivity index (χ1v) is 7.66. The monoisotopic (exact) mass is 293 g/mol. The van der Waals surface area contributed by atoms with Crippen molar-refractivity contribution in [2.45, 2.75) is 32.7 Å². The topological polar surface area (TPSA) is 57.6 Å². The first-order valence-electron chi connectivity index (χ1n) is 6.78. The van der Waals surface area contributed by atoms with E-state index in [0.29, 0.717) is 11.5 Å². The summed E-state index contributed by atoms with van der Waals surface area (Å²) in [6.45, 7) is 5.05. The largest absolute Gasteiger partial charge is 0.478 e. The van der Waals surface area contributed by atoms with Crippen LogP contribution in [0.25, 0.3) is 6.08 Å². The molecule has 1 fully saturated rings. The summed E-state index contributed by atoms with van der Waals surface area (Å²) in [5.74, 6) is -0.389. The molecule has 1 aliphatic rings. The molecule has 1 aromatic rings. The summed E-state index contributed by atoms with van der Waals surface area (Å²) < 4.78 is 0. The van der Waals surface area contributed by atoms with Crippen molar-refractivity contribution in [3.05, 3.63) is 28.0 Å². The minimum Gasteiger partial charge on any atom is -0.478 e. The second kappa shape index (κ2) is 6.22. The zero-order valence-corrected chi connectivity index (χ0v) is 12.5. The van der Waals surface area contributed by atoms with Gasteiger partial charge in [-0.1, -0.05) is 6.92 Å². The number of carboxylic acids is 1. The first kappa shape index (κ1) is 14.8. The fraction of sp³-hybridized carbons (Fsp3) is 0.467. The normalized spacial score (nSPS) is 23.2. The van der Waals surface area contributed by atoms with Crippen molar-refractivity contribution in [2.24, 2.45) is 5.92 Å². The van der Waals surface area contributed by atoms with E-state index < -0.39 is 5.97 Å². The fourth-order valence-electron chi connectivity index (χ4n) is 2.44. The predicted octanol–water partition coefficient (Wildman–Crippen LogP) is 3.11. The van der Waals surface area contributed by atoms with Crippen molar-refractivity contribution in [3.63, 3.8) is 0 Å². The number of carbonyl (C=O) groups excluding carboxylic acids is 1. The van der Waals surface area contributed by atoms with Crippen molar-refractivity contribution in [1.29, 1.82) is 0 Å². The van der Waals surface area contributed by atoms with E-state index in [-0.39, 0.29) is 11.9 Å². The number of likely N-dealkylation sites (tertiary alicyclic amines) is 1. The van der Waals surface area contributed by atoms with Gasteiger partial charge in [-0.15, -0.1) is 11.3 Å². The van der Waals surface area contributed by atoms with Gasteiger partial charge < -0.3 is 10.0 Å². The van der Waals surface area contributed by atoms with Crippen LogP contribution in [0.2, 0.25) is 0 Å². The van der Waals surface area contributed by atoms with E-state index in [4.69, 9.17) is 5.11 Å². The Kier molecular flexibility index (Phi) is 4.60. The molecule has 0 aromatic carbocycles. The molecule has 0 radical (unpaired) electrons. The Bertz CT molecular complexity index is 535. The lowest BCUT2D eigenvalue weighted by Gasteiger charge is -2.36. The van der Waals surface area contributed by atoms with Gasteiger partial charge in [0, 0.05) is 28.9 Å². The third kappa shape index (κ3) is 3.48. The van der Waals surface area contributed by atoms with Crippen LogP contribution >= 0.6 is 11.3 Å². The van der Waals surface area contributed by atoms with E-state index in [1.807, 2.05) is 4.90 Å². The minimum absolute atomic E-state index is 0.0512. The third-order valence-corrected chi connectivity index (χ3v) is 4.53. The average molecular weight is 293 g/mol. The van der Waals surface area contributed by atoms with Crippen LogP contribution in [0, 0.1) is 5.92 Å². The molecule has 1 N–H and O–H groups in total. The molecule has 0 bridgehead atoms. The Balaban J connectivity index is 2.11. The van der Waals surface area contributed by atoms with Crippen LogP contribution in [-0.4, -0.2) is 34.5 Å². The maximum absolute atomic E-state index is 12.5. The van der Waals surface area contributed by atoms with Crippen LogP contribution in [0.15, 0.2) is 17.5 Å². The zero-order chi connectivity index (χ0) is 14.7. The van der Waals surface area contributed by atoms with Crippen molar-refractivity contribution >= 4 is 29.3 Å². The van der Waals surface area contributed by atoms with Crippen LogP contribution in [0.4, 0.5) is 0 Å². The predicted molar refractivity (Wildman–Crippen MR) is 79.9 cm³/mol. The molecule has 20 heavy (non-hydrogen) atoms. The summed E-state index contributed by atoms with van der Waals surface area (Å²) in [6, 6.07) is 2.04. The fourth-order valence-corrected chi connectivity index (χ4v) is 3.22. The molecule has 0 saturated carbocycles. The Morgan fingerprint density at radius 2 is 2.15 bits per heavy atom. The summed E-state index contributed by atoms with van der Waals surface area (Å²) in [6.07, 6.45) is 4.82. The lowest BCUT2D eigenvalue weighted by atomic mass is 9.94. The number of aliphatic carboxylic acids is 1. The second-order valence-corrected chi connectivity index (χ2v) is 6.34. The minimum atomic E-state index is -0.982. The van der Waals surface area contributed by atoms with Gasteiger partial charge in [-0.05, 0) is 37.8 Å². The standard InChI is InChI=1S/C15H19NO3S/c1-10-3-4-11(2)16(8-10)15(19)12-7-13(20-9-12)5-6-14(17)18/h5-7,9-11H,3-4,8H2,1-2H3,(H,17,18). The molecule has 1 saturated heterocycles. The highest BCUT2D eigenvalue weighted by Gasteiger charge is 2.27. The number of hydrogen-bond donors (Lipinski definition) is 1. The van der Waals surface area contributed by atoms with Crippen molar-refractivity contribution < 1.29 is 14.7 Å². The summed E-state index contributed by atoms with van der Waals surface area (Å²) >= 11 is 1.39. The summed E-state index contributed by atoms with van der Waals surface area (Å²) in [4.78, 5) is 25.7. The lowest BCUT2D eigenvalue weighted by molar-refractivity contribution is -0.131. The van der Waals surface area contributed by atoms with Crippen LogP contribution < -0.4 is 0 Å². The number of amides is 1. The molecule has 108 valence electrons. The molecule has 1 aromatic heterocycles. The smallest absolute Gasteiger partial charge is 0.328 e. The van der Waals surface area contributed by atoms with Gasteiger partial charge in [0.1, 0.15) is 0 Å². The van der Waals surface area contributed by atoms with Gasteiger partial charge >= 0.3 is 5.97 Å². The maximum Gasteiger partial charge on any atom is 0.328 e. The molecular weight excluding hydrogens is 274 g/mol. The van der Waals surface area contributed by atoms with Crippen molar-refractivity contribution in [2.75, 3.05) is 6.54 Å². The van der Waals surface area contributed by atoms with Crippen molar-refractivity contribution in [3.8, 4) is 0 Å². The molecule has 0 spiro atoms. The highest BCUT2D eigenvalue weighted by atomic mass is 32.1. The van der Waals surface area contributed by atoms with Gasteiger partial charge in [0.2, 0.25) is 0 Å². The number of hydrogen-bond acceptors (Lipinski definition) is 3. The van der Waals surface area contributed by atoms with Gasteiger partial charge in [-0.25, -0.2) is 4.79 Å². The summed E-state index contributed by atoms with van der Waals surface area (Å²) in [5.41, 5.74) is 0.654. The molecule has 0 aliphatic carbocycles. The SMILES string of the molecule is CC1CCC(C)N(C(=O)c2csc(C=CC(=O)O)c2)C1. The first-order chi connectivity index (χ1) is 9.47. The van der Waals surface area contributed by atoms with E-state index in [0.717, 1.165) is 23.9 Å². The summed E-state index contributed by atoms with van der Waals surface area (Å²) in [7, 11) is 0. The van der Waals surface area contributed by atoms with Crippen LogP contribution in [-0.2, 0) is 4.79 Å². The Morgan fingerprint density at radius 1 is 1.40 bits per heavy atom. The van der Waals surface area contributed by atoms with E-state index in [1.54, 1.807) is 11.4 Å². The van der Waals surface area contributed by atoms with Gasteiger partial charge in [-0.3, -0.25) is 4.79 Å². The molecule has 5 heteroatoms. The zero-order valence-electron chi connectivity index (χ0n) is 11.7. The summed E-state index contributed by atoms with van der Waals surface area (Å²) in [5, 5.41) is 10.4. The van der Waals surface area contributed by atoms with Crippen molar-refractivity contribution in [1.82, 2.24) is 4.90 Å². The number of rotatable bonds is 3. The Labute approximate surface area is 122 Å². The third-order valence-electron chi connectivity index (χ3n) is 3.64. The Morgan fingerprint density at radius 3 is 2.85 bits per heavy atom. The highest BCUT2D eigenvalue weighted by molar-refractivity contribution is 7.11. The van der Waals surface area contributed by atoms with Gasteiger partial charge in [0.05, 0.1) is 5.56 Å². The lowest BCUT2D eigenvalue weighted by Crippen LogP contribution is -2.44. The molecule has 2 heterocycles. The highest BCUT2D eigenvalue weighted by Crippen LogP contribution is 2.25. The van der Waals surface area contributed by atoms with E-state index in [9.17, 15) is 9.59 Å². The van der Waals surface area contributed by atoms with E-state index in [2.05, 4.69) is 13.8 Å². The number of carboxylic acid groups (broad SMARTS) is 1. The maximum atomic E-state index is 12.5. The average Bonchev–Trinajstić information content (AvgIpc) is 2.87. The van der Waals surface area contributed by atoms with Gasteiger partial charge in [0.15, 0.2) is 0 Å². The number of thiophene rings is 1. The molecule has 4 nitrogen and oxygen atoms in total. The Hall–Kier alpha value is -1.62. The molecular formula is C15H19NO3S. The van der Waals surface area contributed by atoms with Crippen LogP contribution in [0.3, 0.4) is 0 Å². The number of carbonyl (C=O) groups is 2. The second-order valence-electron chi connectivity index (χ2n) is 5.40. The van der Waals surface area contributed by atoms with Crippen LogP contribution in [0.1, 0.15) is 41.9 Å². The van der Waals surface area contributed by atoms with Gasteiger partial charge in [0.25, 0.3) is 5.91 Å². The van der Waals surface area contributed by atoms with E-state index >= 15 is 0 Å². The number of piperidine rings is 1.